The summed E-state index contributed by atoms with van der Waals surface area (Å²) >= 11 is 0. The molecule has 1 heteroatoms. The van der Waals surface area contributed by atoms with Crippen LogP contribution in [0.15, 0.2) is 0 Å². The molecular weight excluding hydrogens is 124 g/mol. The summed E-state index contributed by atoms with van der Waals surface area (Å²) in [7, 11) is 0. The predicted octanol–water partition coefficient (Wildman–Crippen LogP) is 2.46. The van der Waals surface area contributed by atoms with Gasteiger partial charge in [-0.15, -0.1) is 0 Å². The lowest BCUT2D eigenvalue weighted by Crippen LogP contribution is -2.14. The first kappa shape index (κ1) is 8.06. The molecule has 0 bridgehead atoms. The van der Waals surface area contributed by atoms with Crippen molar-refractivity contribution in [3.05, 3.63) is 0 Å². The monoisotopic (exact) mass is 142 g/mol. The third-order valence-electron chi connectivity index (χ3n) is 2.95. The van der Waals surface area contributed by atoms with Crippen LogP contribution in [-0.4, -0.2) is 12.2 Å². The predicted molar refractivity (Wildman–Crippen MR) is 43.0 cm³/mol. The molecule has 10 heavy (non-hydrogen) atoms. The lowest BCUT2D eigenvalue weighted by Gasteiger charge is -2.12. The number of hydrogen-bond acceptors (Lipinski definition) is 1. The molecule has 60 valence electrons. The molecule has 0 saturated carbocycles. The van der Waals surface area contributed by atoms with Gasteiger partial charge in [0.2, 0.25) is 0 Å². The van der Waals surface area contributed by atoms with Gasteiger partial charge >= 0.3 is 0 Å². The van der Waals surface area contributed by atoms with Crippen LogP contribution in [0.1, 0.15) is 34.1 Å². The standard InChI is InChI=1S/C9H18O/c1-5-9-7(3)6(2)8(4)10-9/h6-9H,5H2,1-4H3. The summed E-state index contributed by atoms with van der Waals surface area (Å²) in [6.45, 7) is 8.95. The van der Waals surface area contributed by atoms with Crippen molar-refractivity contribution >= 4 is 0 Å². The van der Waals surface area contributed by atoms with Gasteiger partial charge in [-0.05, 0) is 25.2 Å². The average molecular weight is 142 g/mol. The fraction of sp³-hybridized carbons (Fsp3) is 1.00. The van der Waals surface area contributed by atoms with Crippen molar-refractivity contribution in [3.8, 4) is 0 Å². The Kier molecular flexibility index (Phi) is 2.35. The van der Waals surface area contributed by atoms with Gasteiger partial charge in [-0.3, -0.25) is 0 Å². The van der Waals surface area contributed by atoms with Crippen LogP contribution >= 0.6 is 0 Å². The largest absolute Gasteiger partial charge is 0.375 e. The molecule has 1 nitrogen and oxygen atoms in total. The Labute approximate surface area is 63.8 Å². The normalized spacial score (nSPS) is 48.0. The first-order valence-corrected chi connectivity index (χ1v) is 4.32. The summed E-state index contributed by atoms with van der Waals surface area (Å²) in [6, 6.07) is 0. The molecule has 0 N–H and O–H groups in total. The first-order valence-electron chi connectivity index (χ1n) is 4.32. The van der Waals surface area contributed by atoms with Gasteiger partial charge in [0.25, 0.3) is 0 Å². The zero-order chi connectivity index (χ0) is 7.72. The van der Waals surface area contributed by atoms with E-state index in [0.717, 1.165) is 18.3 Å². The van der Waals surface area contributed by atoms with E-state index in [9.17, 15) is 0 Å². The van der Waals surface area contributed by atoms with E-state index in [2.05, 4.69) is 27.7 Å². The Morgan fingerprint density at radius 2 is 1.70 bits per heavy atom. The zero-order valence-corrected chi connectivity index (χ0v) is 7.42. The highest BCUT2D eigenvalue weighted by atomic mass is 16.5. The minimum absolute atomic E-state index is 0.472. The van der Waals surface area contributed by atoms with Gasteiger partial charge in [0.1, 0.15) is 0 Å². The van der Waals surface area contributed by atoms with E-state index in [1.807, 2.05) is 0 Å². The van der Waals surface area contributed by atoms with E-state index < -0.39 is 0 Å². The highest BCUT2D eigenvalue weighted by Crippen LogP contribution is 2.32. The van der Waals surface area contributed by atoms with Crippen LogP contribution in [0.5, 0.6) is 0 Å². The van der Waals surface area contributed by atoms with Crippen LogP contribution in [-0.2, 0) is 4.74 Å². The summed E-state index contributed by atoms with van der Waals surface area (Å²) in [5.41, 5.74) is 0. The summed E-state index contributed by atoms with van der Waals surface area (Å²) in [4.78, 5) is 0. The van der Waals surface area contributed by atoms with Crippen LogP contribution < -0.4 is 0 Å². The van der Waals surface area contributed by atoms with E-state index >= 15 is 0 Å². The maximum absolute atomic E-state index is 5.73. The van der Waals surface area contributed by atoms with Crippen molar-refractivity contribution in [2.45, 2.75) is 46.3 Å². The van der Waals surface area contributed by atoms with Crippen molar-refractivity contribution in [1.82, 2.24) is 0 Å². The van der Waals surface area contributed by atoms with Gasteiger partial charge < -0.3 is 4.74 Å². The van der Waals surface area contributed by atoms with Crippen LogP contribution in [0, 0.1) is 11.8 Å². The van der Waals surface area contributed by atoms with E-state index in [1.165, 1.54) is 0 Å². The number of ether oxygens (including phenoxy) is 1. The molecular formula is C9H18O. The average Bonchev–Trinajstić information content (AvgIpc) is 2.17. The highest BCUT2D eigenvalue weighted by Gasteiger charge is 2.34. The van der Waals surface area contributed by atoms with Crippen LogP contribution in [0.4, 0.5) is 0 Å². The van der Waals surface area contributed by atoms with Crippen LogP contribution in [0.25, 0.3) is 0 Å². The Morgan fingerprint density at radius 1 is 1.10 bits per heavy atom. The second-order valence-corrected chi connectivity index (χ2v) is 3.51. The van der Waals surface area contributed by atoms with Gasteiger partial charge in [0, 0.05) is 0 Å². The zero-order valence-electron chi connectivity index (χ0n) is 7.42. The second-order valence-electron chi connectivity index (χ2n) is 3.51. The summed E-state index contributed by atoms with van der Waals surface area (Å²) in [5.74, 6) is 1.49. The SMILES string of the molecule is CCC1OC(C)C(C)C1C. The van der Waals surface area contributed by atoms with E-state index in [0.29, 0.717) is 12.2 Å². The summed E-state index contributed by atoms with van der Waals surface area (Å²) in [6.07, 6.45) is 2.15. The van der Waals surface area contributed by atoms with Gasteiger partial charge in [-0.2, -0.15) is 0 Å². The van der Waals surface area contributed by atoms with E-state index in [4.69, 9.17) is 4.74 Å². The molecule has 0 aromatic rings. The Hall–Kier alpha value is -0.0400. The van der Waals surface area contributed by atoms with E-state index in [-0.39, 0.29) is 0 Å². The molecule has 0 spiro atoms. The molecule has 1 rings (SSSR count). The topological polar surface area (TPSA) is 9.23 Å². The molecule has 0 radical (unpaired) electrons. The Bertz CT molecular complexity index is 111. The fourth-order valence-corrected chi connectivity index (χ4v) is 1.76. The second kappa shape index (κ2) is 2.91. The molecule has 1 aliphatic heterocycles. The van der Waals surface area contributed by atoms with Crippen LogP contribution in [0.2, 0.25) is 0 Å². The lowest BCUT2D eigenvalue weighted by atomic mass is 9.90. The molecule has 0 aliphatic carbocycles. The number of hydrogen-bond donors (Lipinski definition) is 0. The van der Waals surface area contributed by atoms with Crippen molar-refractivity contribution < 1.29 is 4.74 Å². The van der Waals surface area contributed by atoms with Gasteiger partial charge in [-0.1, -0.05) is 20.8 Å². The molecule has 4 atom stereocenters. The van der Waals surface area contributed by atoms with E-state index in [1.54, 1.807) is 0 Å². The number of rotatable bonds is 1. The quantitative estimate of drug-likeness (QED) is 0.546. The maximum Gasteiger partial charge on any atom is 0.0605 e. The lowest BCUT2D eigenvalue weighted by molar-refractivity contribution is 0.0393. The van der Waals surface area contributed by atoms with Crippen LogP contribution in [0.3, 0.4) is 0 Å². The smallest absolute Gasteiger partial charge is 0.0605 e. The molecule has 1 saturated heterocycles. The maximum atomic E-state index is 5.73. The van der Waals surface area contributed by atoms with Crippen molar-refractivity contribution in [3.63, 3.8) is 0 Å². The van der Waals surface area contributed by atoms with Gasteiger partial charge in [0.15, 0.2) is 0 Å². The summed E-state index contributed by atoms with van der Waals surface area (Å²) < 4.78 is 5.73. The first-order chi connectivity index (χ1) is 4.66. The summed E-state index contributed by atoms with van der Waals surface area (Å²) in [5, 5.41) is 0. The van der Waals surface area contributed by atoms with Gasteiger partial charge in [0.05, 0.1) is 12.2 Å². The molecule has 4 unspecified atom stereocenters. The molecule has 0 aromatic carbocycles. The Balaban J connectivity index is 2.53. The molecule has 0 aromatic heterocycles. The fourth-order valence-electron chi connectivity index (χ4n) is 1.76. The third kappa shape index (κ3) is 1.20. The van der Waals surface area contributed by atoms with Crippen molar-refractivity contribution in [1.29, 1.82) is 0 Å². The molecule has 1 aliphatic rings. The van der Waals surface area contributed by atoms with Crippen molar-refractivity contribution in [2.75, 3.05) is 0 Å². The molecule has 0 amide bonds. The molecule has 1 fully saturated rings. The minimum Gasteiger partial charge on any atom is -0.375 e. The Morgan fingerprint density at radius 3 is 1.90 bits per heavy atom. The highest BCUT2D eigenvalue weighted by molar-refractivity contribution is 4.82. The third-order valence-corrected chi connectivity index (χ3v) is 2.95. The van der Waals surface area contributed by atoms with Gasteiger partial charge in [-0.25, -0.2) is 0 Å². The minimum atomic E-state index is 0.472. The van der Waals surface area contributed by atoms with Crippen molar-refractivity contribution in [2.24, 2.45) is 11.8 Å². The molecule has 1 heterocycles.